The number of pyridine rings is 1. The number of benzene rings is 1. The van der Waals surface area contributed by atoms with Crippen LogP contribution in [0.4, 0.5) is 4.79 Å². The van der Waals surface area contributed by atoms with Crippen molar-refractivity contribution in [3.63, 3.8) is 0 Å². The SMILES string of the molecule is CNC(=O)c1ccc(CNC(=O)NCc2ccncc2)cc1. The summed E-state index contributed by atoms with van der Waals surface area (Å²) in [5, 5.41) is 8.09. The molecule has 2 aromatic rings. The Morgan fingerprint density at radius 1 is 0.909 bits per heavy atom. The second kappa shape index (κ2) is 7.78. The van der Waals surface area contributed by atoms with Crippen LogP contribution in [0.1, 0.15) is 21.5 Å². The molecule has 0 saturated carbocycles. The van der Waals surface area contributed by atoms with Crippen LogP contribution in [0.3, 0.4) is 0 Å². The predicted molar refractivity (Wildman–Crippen MR) is 83.1 cm³/mol. The van der Waals surface area contributed by atoms with Crippen LogP contribution in [0, 0.1) is 0 Å². The Bertz CT molecular complexity index is 626. The van der Waals surface area contributed by atoms with Gasteiger partial charge in [-0.25, -0.2) is 4.79 Å². The van der Waals surface area contributed by atoms with Crippen LogP contribution in [0.2, 0.25) is 0 Å². The second-order valence-electron chi connectivity index (χ2n) is 4.67. The van der Waals surface area contributed by atoms with Crippen LogP contribution in [-0.4, -0.2) is 24.0 Å². The summed E-state index contributed by atoms with van der Waals surface area (Å²) >= 11 is 0. The highest BCUT2D eigenvalue weighted by Crippen LogP contribution is 2.04. The van der Waals surface area contributed by atoms with Gasteiger partial charge in [0.1, 0.15) is 0 Å². The van der Waals surface area contributed by atoms with Crippen LogP contribution in [0.25, 0.3) is 0 Å². The van der Waals surface area contributed by atoms with Gasteiger partial charge in [-0.2, -0.15) is 0 Å². The Morgan fingerprint density at radius 3 is 2.00 bits per heavy atom. The van der Waals surface area contributed by atoms with E-state index < -0.39 is 0 Å². The van der Waals surface area contributed by atoms with Crippen molar-refractivity contribution in [2.24, 2.45) is 0 Å². The van der Waals surface area contributed by atoms with E-state index in [9.17, 15) is 9.59 Å². The van der Waals surface area contributed by atoms with Crippen LogP contribution in [0.15, 0.2) is 48.8 Å². The molecule has 1 heterocycles. The van der Waals surface area contributed by atoms with E-state index in [4.69, 9.17) is 0 Å². The quantitative estimate of drug-likeness (QED) is 0.781. The summed E-state index contributed by atoms with van der Waals surface area (Å²) in [7, 11) is 1.59. The summed E-state index contributed by atoms with van der Waals surface area (Å²) in [5.41, 5.74) is 2.50. The fraction of sp³-hybridized carbons (Fsp3) is 0.188. The Kier molecular flexibility index (Phi) is 5.48. The molecular weight excluding hydrogens is 280 g/mol. The molecule has 1 aromatic heterocycles. The molecule has 0 saturated heterocycles. The minimum Gasteiger partial charge on any atom is -0.355 e. The lowest BCUT2D eigenvalue weighted by molar-refractivity contribution is 0.0963. The molecule has 6 heteroatoms. The van der Waals surface area contributed by atoms with Gasteiger partial charge in [0, 0.05) is 38.1 Å². The number of aromatic nitrogens is 1. The van der Waals surface area contributed by atoms with Gasteiger partial charge < -0.3 is 16.0 Å². The van der Waals surface area contributed by atoms with E-state index in [1.54, 1.807) is 31.6 Å². The normalized spacial score (nSPS) is 9.86. The van der Waals surface area contributed by atoms with Gasteiger partial charge in [-0.15, -0.1) is 0 Å². The molecule has 0 unspecified atom stereocenters. The second-order valence-corrected chi connectivity index (χ2v) is 4.67. The van der Waals surface area contributed by atoms with Gasteiger partial charge in [-0.3, -0.25) is 9.78 Å². The highest BCUT2D eigenvalue weighted by atomic mass is 16.2. The molecule has 2 rings (SSSR count). The van der Waals surface area contributed by atoms with Gasteiger partial charge in [0.15, 0.2) is 0 Å². The maximum absolute atomic E-state index is 11.7. The van der Waals surface area contributed by atoms with Crippen molar-refractivity contribution in [1.82, 2.24) is 20.9 Å². The highest BCUT2D eigenvalue weighted by Gasteiger charge is 2.04. The molecule has 0 aliphatic rings. The zero-order chi connectivity index (χ0) is 15.8. The number of nitrogens with one attached hydrogen (secondary N) is 3. The lowest BCUT2D eigenvalue weighted by atomic mass is 10.1. The van der Waals surface area contributed by atoms with Crippen molar-refractivity contribution in [1.29, 1.82) is 0 Å². The van der Waals surface area contributed by atoms with Crippen LogP contribution in [-0.2, 0) is 13.1 Å². The minimum absolute atomic E-state index is 0.130. The third-order valence-corrected chi connectivity index (χ3v) is 3.10. The zero-order valence-electron chi connectivity index (χ0n) is 12.3. The van der Waals surface area contributed by atoms with E-state index >= 15 is 0 Å². The molecule has 0 spiro atoms. The Hall–Kier alpha value is -2.89. The molecule has 114 valence electrons. The van der Waals surface area contributed by atoms with Crippen LogP contribution < -0.4 is 16.0 Å². The Balaban J connectivity index is 1.77. The molecule has 0 radical (unpaired) electrons. The lowest BCUT2D eigenvalue weighted by Gasteiger charge is -2.08. The third kappa shape index (κ3) is 4.59. The van der Waals surface area contributed by atoms with Crippen molar-refractivity contribution in [2.75, 3.05) is 7.05 Å². The van der Waals surface area contributed by atoms with Crippen molar-refractivity contribution in [3.05, 3.63) is 65.5 Å². The maximum atomic E-state index is 11.7. The fourth-order valence-electron chi connectivity index (χ4n) is 1.85. The van der Waals surface area contributed by atoms with Crippen molar-refractivity contribution >= 4 is 11.9 Å². The summed E-state index contributed by atoms with van der Waals surface area (Å²) < 4.78 is 0. The molecule has 0 aliphatic carbocycles. The summed E-state index contributed by atoms with van der Waals surface area (Å²) in [4.78, 5) is 27.0. The first-order valence-electron chi connectivity index (χ1n) is 6.90. The molecule has 6 nitrogen and oxygen atoms in total. The molecule has 0 fully saturated rings. The van der Waals surface area contributed by atoms with E-state index in [1.165, 1.54) is 0 Å². The average molecular weight is 298 g/mol. The van der Waals surface area contributed by atoms with E-state index in [0.29, 0.717) is 18.7 Å². The maximum Gasteiger partial charge on any atom is 0.315 e. The van der Waals surface area contributed by atoms with E-state index in [-0.39, 0.29) is 11.9 Å². The topological polar surface area (TPSA) is 83.1 Å². The lowest BCUT2D eigenvalue weighted by Crippen LogP contribution is -2.34. The number of hydrogen-bond acceptors (Lipinski definition) is 3. The highest BCUT2D eigenvalue weighted by molar-refractivity contribution is 5.93. The van der Waals surface area contributed by atoms with Gasteiger partial charge in [-0.05, 0) is 35.4 Å². The summed E-state index contributed by atoms with van der Waals surface area (Å²) in [6.07, 6.45) is 3.37. The molecule has 0 atom stereocenters. The van der Waals surface area contributed by atoms with Gasteiger partial charge in [0.25, 0.3) is 5.91 Å². The van der Waals surface area contributed by atoms with Crippen molar-refractivity contribution in [3.8, 4) is 0 Å². The van der Waals surface area contributed by atoms with Crippen LogP contribution in [0.5, 0.6) is 0 Å². The number of urea groups is 1. The molecule has 1 aromatic carbocycles. The third-order valence-electron chi connectivity index (χ3n) is 3.10. The number of nitrogens with zero attached hydrogens (tertiary/aromatic N) is 1. The first kappa shape index (κ1) is 15.5. The predicted octanol–water partition coefficient (Wildman–Crippen LogP) is 1.44. The molecule has 0 aliphatic heterocycles. The first-order valence-corrected chi connectivity index (χ1v) is 6.90. The average Bonchev–Trinajstić information content (AvgIpc) is 2.58. The van der Waals surface area contributed by atoms with E-state index in [2.05, 4.69) is 20.9 Å². The molecule has 3 amide bonds. The van der Waals surface area contributed by atoms with Gasteiger partial charge >= 0.3 is 6.03 Å². The van der Waals surface area contributed by atoms with Gasteiger partial charge in [0.2, 0.25) is 0 Å². The van der Waals surface area contributed by atoms with E-state index in [0.717, 1.165) is 11.1 Å². The van der Waals surface area contributed by atoms with E-state index in [1.807, 2.05) is 24.3 Å². The Labute approximate surface area is 129 Å². The zero-order valence-corrected chi connectivity index (χ0v) is 12.3. The molecular formula is C16H18N4O2. The minimum atomic E-state index is -0.243. The fourth-order valence-corrected chi connectivity index (χ4v) is 1.85. The van der Waals surface area contributed by atoms with Gasteiger partial charge in [-0.1, -0.05) is 12.1 Å². The smallest absolute Gasteiger partial charge is 0.315 e. The van der Waals surface area contributed by atoms with Crippen LogP contribution >= 0.6 is 0 Å². The molecule has 0 bridgehead atoms. The van der Waals surface area contributed by atoms with Gasteiger partial charge in [0.05, 0.1) is 0 Å². The number of rotatable bonds is 5. The number of amides is 3. The summed E-state index contributed by atoms with van der Waals surface area (Å²) in [5.74, 6) is -0.130. The summed E-state index contributed by atoms with van der Waals surface area (Å²) in [6.45, 7) is 0.847. The standard InChI is InChI=1S/C16H18N4O2/c1-17-15(21)14-4-2-12(3-5-14)10-19-16(22)20-11-13-6-8-18-9-7-13/h2-9H,10-11H2,1H3,(H,17,21)(H2,19,20,22). The Morgan fingerprint density at radius 2 is 1.45 bits per heavy atom. The largest absolute Gasteiger partial charge is 0.355 e. The monoisotopic (exact) mass is 298 g/mol. The van der Waals surface area contributed by atoms with Crippen molar-refractivity contribution in [2.45, 2.75) is 13.1 Å². The molecule has 22 heavy (non-hydrogen) atoms. The number of hydrogen-bond donors (Lipinski definition) is 3. The summed E-state index contributed by atoms with van der Waals surface area (Å²) in [6, 6.07) is 10.5. The number of carbonyl (C=O) groups excluding carboxylic acids is 2. The number of carbonyl (C=O) groups is 2. The first-order chi connectivity index (χ1) is 10.7. The van der Waals surface area contributed by atoms with Crippen molar-refractivity contribution < 1.29 is 9.59 Å². The molecule has 3 N–H and O–H groups in total.